The van der Waals surface area contributed by atoms with Gasteiger partial charge in [-0.2, -0.15) is 5.26 Å². The second-order valence-electron chi connectivity index (χ2n) is 4.52. The first-order chi connectivity index (χ1) is 8.65. The molecule has 3 N–H and O–H groups in total. The Labute approximate surface area is 106 Å². The van der Waals surface area contributed by atoms with Crippen molar-refractivity contribution in [3.05, 3.63) is 23.8 Å². The van der Waals surface area contributed by atoms with Crippen molar-refractivity contribution in [2.24, 2.45) is 0 Å². The molecule has 2 atom stereocenters. The number of aliphatic hydroxyl groups excluding tert-OH is 1. The van der Waals surface area contributed by atoms with E-state index in [0.717, 1.165) is 5.69 Å². The molecule has 1 saturated heterocycles. The zero-order valence-electron chi connectivity index (χ0n) is 10.3. The van der Waals surface area contributed by atoms with E-state index < -0.39 is 0 Å². The van der Waals surface area contributed by atoms with Crippen LogP contribution in [0.2, 0.25) is 0 Å². The third-order valence-electron chi connectivity index (χ3n) is 3.18. The van der Waals surface area contributed by atoms with E-state index in [1.807, 2.05) is 6.92 Å². The molecule has 2 rings (SSSR count). The number of ether oxygens (including phenoxy) is 1. The number of benzene rings is 1. The topological polar surface area (TPSA) is 82.5 Å². The minimum atomic E-state index is -0.202. The predicted octanol–water partition coefficient (Wildman–Crippen LogP) is 0.726. The van der Waals surface area contributed by atoms with Crippen molar-refractivity contribution in [1.82, 2.24) is 0 Å². The van der Waals surface area contributed by atoms with E-state index in [1.54, 1.807) is 18.2 Å². The molecule has 1 heterocycles. The van der Waals surface area contributed by atoms with Gasteiger partial charge in [0.1, 0.15) is 0 Å². The Balaban J connectivity index is 2.31. The van der Waals surface area contributed by atoms with E-state index in [2.05, 4.69) is 11.0 Å². The van der Waals surface area contributed by atoms with Crippen LogP contribution in [-0.2, 0) is 4.74 Å². The fraction of sp³-hybridized carbons (Fsp3) is 0.462. The monoisotopic (exact) mass is 247 g/mol. The SMILES string of the molecule is CC1COC(CO)CN1c1cc(C#N)ccc1N. The highest BCUT2D eigenvalue weighted by Crippen LogP contribution is 2.28. The van der Waals surface area contributed by atoms with Crippen molar-refractivity contribution < 1.29 is 9.84 Å². The maximum atomic E-state index is 9.18. The van der Waals surface area contributed by atoms with Crippen molar-refractivity contribution >= 4 is 11.4 Å². The highest BCUT2D eigenvalue weighted by atomic mass is 16.5. The zero-order valence-corrected chi connectivity index (χ0v) is 10.3. The summed E-state index contributed by atoms with van der Waals surface area (Å²) in [5, 5.41) is 18.1. The van der Waals surface area contributed by atoms with E-state index >= 15 is 0 Å². The average molecular weight is 247 g/mol. The van der Waals surface area contributed by atoms with E-state index in [4.69, 9.17) is 15.7 Å². The summed E-state index contributed by atoms with van der Waals surface area (Å²) in [7, 11) is 0. The number of nitrogen functional groups attached to an aromatic ring is 1. The number of morpholine rings is 1. The lowest BCUT2D eigenvalue weighted by molar-refractivity contribution is -0.0102. The molecule has 1 aliphatic heterocycles. The molecule has 0 spiro atoms. The fourth-order valence-corrected chi connectivity index (χ4v) is 2.13. The van der Waals surface area contributed by atoms with E-state index in [0.29, 0.717) is 24.4 Å². The standard InChI is InChI=1S/C13H17N3O2/c1-9-8-18-11(7-17)6-16(9)13-4-10(5-14)2-3-12(13)15/h2-4,9,11,17H,6-8,15H2,1H3. The number of nitriles is 1. The Kier molecular flexibility index (Phi) is 3.70. The number of hydrogen-bond acceptors (Lipinski definition) is 5. The molecule has 96 valence electrons. The molecule has 1 aromatic rings. The molecule has 1 aliphatic rings. The van der Waals surface area contributed by atoms with Gasteiger partial charge in [0.2, 0.25) is 0 Å². The highest BCUT2D eigenvalue weighted by molar-refractivity contribution is 5.70. The summed E-state index contributed by atoms with van der Waals surface area (Å²) in [5.41, 5.74) is 8.03. The number of hydrogen-bond donors (Lipinski definition) is 2. The average Bonchev–Trinajstić information content (AvgIpc) is 2.40. The summed E-state index contributed by atoms with van der Waals surface area (Å²) in [6.07, 6.45) is -0.202. The Hall–Kier alpha value is -1.77. The molecule has 5 nitrogen and oxygen atoms in total. The lowest BCUT2D eigenvalue weighted by Gasteiger charge is -2.39. The van der Waals surface area contributed by atoms with Crippen LogP contribution in [0.1, 0.15) is 12.5 Å². The molecule has 0 saturated carbocycles. The first-order valence-electron chi connectivity index (χ1n) is 5.94. The Morgan fingerprint density at radius 2 is 2.39 bits per heavy atom. The van der Waals surface area contributed by atoms with Crippen LogP contribution in [0.4, 0.5) is 11.4 Å². The smallest absolute Gasteiger partial charge is 0.0992 e. The molecule has 0 radical (unpaired) electrons. The van der Waals surface area contributed by atoms with Crippen LogP contribution in [0, 0.1) is 11.3 Å². The summed E-state index contributed by atoms with van der Waals surface area (Å²) >= 11 is 0. The molecular weight excluding hydrogens is 230 g/mol. The van der Waals surface area contributed by atoms with Gasteiger partial charge in [0.05, 0.1) is 42.3 Å². The first kappa shape index (κ1) is 12.7. The van der Waals surface area contributed by atoms with E-state index in [1.165, 1.54) is 0 Å². The van der Waals surface area contributed by atoms with Gasteiger partial charge in [0, 0.05) is 12.6 Å². The highest BCUT2D eigenvalue weighted by Gasteiger charge is 2.27. The third kappa shape index (κ3) is 2.40. The second kappa shape index (κ2) is 5.25. The van der Waals surface area contributed by atoms with Crippen LogP contribution < -0.4 is 10.6 Å². The summed E-state index contributed by atoms with van der Waals surface area (Å²) in [6, 6.07) is 7.51. The van der Waals surface area contributed by atoms with Gasteiger partial charge in [-0.3, -0.25) is 0 Å². The maximum Gasteiger partial charge on any atom is 0.0992 e. The molecule has 18 heavy (non-hydrogen) atoms. The van der Waals surface area contributed by atoms with Gasteiger partial charge in [-0.25, -0.2) is 0 Å². The van der Waals surface area contributed by atoms with Crippen molar-refractivity contribution in [3.8, 4) is 6.07 Å². The Bertz CT molecular complexity index is 470. The molecule has 2 unspecified atom stereocenters. The molecule has 0 bridgehead atoms. The molecule has 5 heteroatoms. The van der Waals surface area contributed by atoms with Crippen molar-refractivity contribution in [2.45, 2.75) is 19.1 Å². The lowest BCUT2D eigenvalue weighted by Crippen LogP contribution is -2.49. The van der Waals surface area contributed by atoms with Gasteiger partial charge in [-0.05, 0) is 25.1 Å². The molecule has 1 fully saturated rings. The lowest BCUT2D eigenvalue weighted by atomic mass is 10.1. The van der Waals surface area contributed by atoms with Crippen LogP contribution in [0.15, 0.2) is 18.2 Å². The van der Waals surface area contributed by atoms with Gasteiger partial charge < -0.3 is 20.5 Å². The Morgan fingerprint density at radius 3 is 3.06 bits per heavy atom. The zero-order chi connectivity index (χ0) is 13.1. The van der Waals surface area contributed by atoms with Gasteiger partial charge in [-0.15, -0.1) is 0 Å². The first-order valence-corrected chi connectivity index (χ1v) is 5.94. The molecule has 0 aliphatic carbocycles. The van der Waals surface area contributed by atoms with Crippen LogP contribution in [0.25, 0.3) is 0 Å². The van der Waals surface area contributed by atoms with Crippen LogP contribution in [0.3, 0.4) is 0 Å². The van der Waals surface area contributed by atoms with Crippen LogP contribution >= 0.6 is 0 Å². The molecule has 1 aromatic carbocycles. The normalized spacial score (nSPS) is 23.7. The summed E-state index contributed by atoms with van der Waals surface area (Å²) in [4.78, 5) is 2.08. The number of rotatable bonds is 2. The van der Waals surface area contributed by atoms with Crippen molar-refractivity contribution in [2.75, 3.05) is 30.4 Å². The number of nitrogens with zero attached hydrogens (tertiary/aromatic N) is 2. The van der Waals surface area contributed by atoms with Crippen LogP contribution in [0.5, 0.6) is 0 Å². The second-order valence-corrected chi connectivity index (χ2v) is 4.52. The summed E-state index contributed by atoms with van der Waals surface area (Å²) in [5.74, 6) is 0. The quantitative estimate of drug-likeness (QED) is 0.753. The molecule has 0 aromatic heterocycles. The maximum absolute atomic E-state index is 9.18. The van der Waals surface area contributed by atoms with Crippen LogP contribution in [-0.4, -0.2) is 37.0 Å². The number of aliphatic hydroxyl groups is 1. The van der Waals surface area contributed by atoms with Crippen molar-refractivity contribution in [1.29, 1.82) is 5.26 Å². The van der Waals surface area contributed by atoms with E-state index in [-0.39, 0.29) is 18.8 Å². The summed E-state index contributed by atoms with van der Waals surface area (Å²) in [6.45, 7) is 3.14. The predicted molar refractivity (Wildman–Crippen MR) is 69.2 cm³/mol. The molecule has 0 amide bonds. The van der Waals surface area contributed by atoms with Gasteiger partial charge in [-0.1, -0.05) is 0 Å². The number of anilines is 2. The van der Waals surface area contributed by atoms with Gasteiger partial charge in [0.25, 0.3) is 0 Å². The summed E-state index contributed by atoms with van der Waals surface area (Å²) < 4.78 is 5.49. The molecular formula is C13H17N3O2. The minimum absolute atomic E-state index is 0.0128. The van der Waals surface area contributed by atoms with Gasteiger partial charge in [0.15, 0.2) is 0 Å². The van der Waals surface area contributed by atoms with Crippen molar-refractivity contribution in [3.63, 3.8) is 0 Å². The largest absolute Gasteiger partial charge is 0.397 e. The Morgan fingerprint density at radius 1 is 1.61 bits per heavy atom. The van der Waals surface area contributed by atoms with E-state index in [9.17, 15) is 5.11 Å². The van der Waals surface area contributed by atoms with Gasteiger partial charge >= 0.3 is 0 Å². The fourth-order valence-electron chi connectivity index (χ4n) is 2.13. The number of nitrogens with two attached hydrogens (primary N) is 1. The minimum Gasteiger partial charge on any atom is -0.397 e. The third-order valence-corrected chi connectivity index (χ3v) is 3.18.